The third-order valence-electron chi connectivity index (χ3n) is 4.92. The summed E-state index contributed by atoms with van der Waals surface area (Å²) < 4.78 is 5.57. The number of nitrogens with zero attached hydrogens (tertiary/aromatic N) is 2. The second kappa shape index (κ2) is 9.65. The zero-order chi connectivity index (χ0) is 20.2. The maximum Gasteiger partial charge on any atom is 0.103 e. The number of rotatable bonds is 1. The van der Waals surface area contributed by atoms with Crippen LogP contribution >= 0.6 is 0 Å². The average Bonchev–Trinajstić information content (AvgIpc) is 2.84. The number of aromatic nitrogens is 2. The van der Waals surface area contributed by atoms with Gasteiger partial charge in [-0.15, -0.1) is 65.7 Å². The minimum atomic E-state index is 0. The molecule has 0 N–H and O–H groups in total. The normalized spacial score (nSPS) is 11.1. The van der Waals surface area contributed by atoms with Gasteiger partial charge in [-0.3, -0.25) is 4.98 Å². The number of ether oxygens (including phenoxy) is 1. The van der Waals surface area contributed by atoms with Gasteiger partial charge >= 0.3 is 0 Å². The zero-order valence-corrected chi connectivity index (χ0v) is 19.0. The van der Waals surface area contributed by atoms with Crippen molar-refractivity contribution >= 4 is 10.9 Å². The van der Waals surface area contributed by atoms with Crippen molar-refractivity contribution in [1.29, 1.82) is 0 Å². The Balaban J connectivity index is 0.000000146. The largest absolute Gasteiger partial charge is 0.506 e. The Morgan fingerprint density at radius 1 is 0.774 bits per heavy atom. The molecule has 1 aliphatic heterocycles. The first-order chi connectivity index (χ1) is 14.9. The van der Waals surface area contributed by atoms with Gasteiger partial charge in [-0.25, -0.2) is 0 Å². The van der Waals surface area contributed by atoms with Crippen LogP contribution in [0.2, 0.25) is 0 Å². The molecular weight excluding hydrogens is 561 g/mol. The Labute approximate surface area is 195 Å². The molecule has 0 bridgehead atoms. The average molecular weight is 579 g/mol. The summed E-state index contributed by atoms with van der Waals surface area (Å²) in [5, 5.41) is 1.17. The Bertz CT molecular complexity index is 1260. The van der Waals surface area contributed by atoms with E-state index in [0.717, 1.165) is 39.3 Å². The minimum absolute atomic E-state index is 0. The standard InChI is InChI=1S/C15H10N.C12H8NO.Ir/c1-2-6-12(7-3-1)15-11-10-13-8-4-5-9-14(13)16-15;1-2-5-10-9(4-1)8-14-11-6-3-7-13-12(10)11;/h1-6,8-11H;1-4,6-7H,8H2;/q2*-1;. The number of para-hydroxylation sites is 1. The first-order valence-electron chi connectivity index (χ1n) is 9.79. The number of benzene rings is 3. The second-order valence-corrected chi connectivity index (χ2v) is 6.87. The third kappa shape index (κ3) is 4.56. The van der Waals surface area contributed by atoms with Gasteiger partial charge in [-0.05, 0) is 29.3 Å². The fourth-order valence-electron chi connectivity index (χ4n) is 3.43. The molecule has 0 atom stereocenters. The molecule has 3 heterocycles. The molecule has 0 saturated carbocycles. The Morgan fingerprint density at radius 3 is 2.55 bits per heavy atom. The monoisotopic (exact) mass is 579 g/mol. The van der Waals surface area contributed by atoms with Crippen LogP contribution < -0.4 is 4.74 Å². The maximum absolute atomic E-state index is 5.57. The predicted molar refractivity (Wildman–Crippen MR) is 119 cm³/mol. The summed E-state index contributed by atoms with van der Waals surface area (Å²) in [7, 11) is 0. The fraction of sp³-hybridized carbons (Fsp3) is 0.0370. The summed E-state index contributed by atoms with van der Waals surface area (Å²) >= 11 is 0. The van der Waals surface area contributed by atoms with Crippen LogP contribution in [0.3, 0.4) is 0 Å². The fourth-order valence-corrected chi connectivity index (χ4v) is 3.43. The van der Waals surface area contributed by atoms with Crippen molar-refractivity contribution in [3.63, 3.8) is 0 Å². The van der Waals surface area contributed by atoms with Crippen LogP contribution in [0, 0.1) is 12.1 Å². The van der Waals surface area contributed by atoms with Crippen LogP contribution in [0.25, 0.3) is 33.4 Å². The molecule has 0 saturated heterocycles. The van der Waals surface area contributed by atoms with Gasteiger partial charge in [-0.1, -0.05) is 35.9 Å². The van der Waals surface area contributed by atoms with Crippen LogP contribution in [0.1, 0.15) is 5.56 Å². The van der Waals surface area contributed by atoms with Crippen molar-refractivity contribution < 1.29 is 24.8 Å². The van der Waals surface area contributed by atoms with E-state index in [1.807, 2.05) is 78.9 Å². The summed E-state index contributed by atoms with van der Waals surface area (Å²) in [6.45, 7) is 0.616. The SMILES string of the molecule is [Ir].[c-]1cccc2c1-c1ncccc1OC2.[c-]1ccccc1-c1ccc2ccccc2n1. The number of hydrogen-bond donors (Lipinski definition) is 0. The van der Waals surface area contributed by atoms with Crippen molar-refractivity contribution in [3.8, 4) is 28.3 Å². The molecule has 1 aliphatic rings. The van der Waals surface area contributed by atoms with E-state index < -0.39 is 0 Å². The molecule has 3 aromatic carbocycles. The Hall–Kier alpha value is -3.33. The molecule has 0 fully saturated rings. The summed E-state index contributed by atoms with van der Waals surface area (Å²) in [4.78, 5) is 8.92. The molecule has 1 radical (unpaired) electrons. The van der Waals surface area contributed by atoms with Gasteiger partial charge in [-0.2, -0.15) is 0 Å². The van der Waals surface area contributed by atoms with E-state index in [0.29, 0.717) is 6.61 Å². The molecule has 2 aromatic heterocycles. The van der Waals surface area contributed by atoms with Gasteiger partial charge in [0.15, 0.2) is 0 Å². The maximum atomic E-state index is 5.57. The smallest absolute Gasteiger partial charge is 0.103 e. The molecule has 0 unspecified atom stereocenters. The molecule has 0 aliphatic carbocycles. The molecule has 5 aromatic rings. The predicted octanol–water partition coefficient (Wildman–Crippen LogP) is 6.14. The van der Waals surface area contributed by atoms with Gasteiger partial charge in [0.2, 0.25) is 0 Å². The second-order valence-electron chi connectivity index (χ2n) is 6.87. The summed E-state index contributed by atoms with van der Waals surface area (Å²) in [6.07, 6.45) is 1.78. The molecule has 3 nitrogen and oxygen atoms in total. The summed E-state index contributed by atoms with van der Waals surface area (Å²) in [6, 6.07) is 36.3. The van der Waals surface area contributed by atoms with Crippen molar-refractivity contribution in [2.45, 2.75) is 6.61 Å². The number of pyridine rings is 2. The molecule has 153 valence electrons. The summed E-state index contributed by atoms with van der Waals surface area (Å²) in [5.41, 5.74) is 6.15. The Kier molecular flexibility index (Phi) is 6.51. The minimum Gasteiger partial charge on any atom is -0.506 e. The van der Waals surface area contributed by atoms with Gasteiger partial charge in [0, 0.05) is 32.0 Å². The molecule has 0 amide bonds. The molecule has 6 rings (SSSR count). The van der Waals surface area contributed by atoms with Gasteiger partial charge in [0.05, 0.1) is 12.1 Å². The molecule has 4 heteroatoms. The van der Waals surface area contributed by atoms with Crippen molar-refractivity contribution in [1.82, 2.24) is 9.97 Å². The Morgan fingerprint density at radius 2 is 1.65 bits per heavy atom. The van der Waals surface area contributed by atoms with Gasteiger partial charge in [0.25, 0.3) is 0 Å². The third-order valence-corrected chi connectivity index (χ3v) is 4.92. The van der Waals surface area contributed by atoms with E-state index in [-0.39, 0.29) is 20.1 Å². The van der Waals surface area contributed by atoms with Crippen LogP contribution in [-0.4, -0.2) is 9.97 Å². The quantitative estimate of drug-likeness (QED) is 0.224. The van der Waals surface area contributed by atoms with Crippen LogP contribution in [-0.2, 0) is 26.7 Å². The van der Waals surface area contributed by atoms with E-state index in [4.69, 9.17) is 4.74 Å². The molecular formula is C27H18IrN2O-2. The van der Waals surface area contributed by atoms with Crippen LogP contribution in [0.5, 0.6) is 5.75 Å². The molecule has 31 heavy (non-hydrogen) atoms. The van der Waals surface area contributed by atoms with Crippen molar-refractivity contribution in [2.24, 2.45) is 0 Å². The van der Waals surface area contributed by atoms with E-state index in [1.54, 1.807) is 6.20 Å². The van der Waals surface area contributed by atoms with E-state index in [2.05, 4.69) is 34.2 Å². The topological polar surface area (TPSA) is 35.0 Å². The van der Waals surface area contributed by atoms with Gasteiger partial charge in [0.1, 0.15) is 5.75 Å². The van der Waals surface area contributed by atoms with Crippen LogP contribution in [0.4, 0.5) is 0 Å². The molecule has 0 spiro atoms. The van der Waals surface area contributed by atoms with E-state index in [9.17, 15) is 0 Å². The van der Waals surface area contributed by atoms with Gasteiger partial charge < -0.3 is 9.72 Å². The first kappa shape index (κ1) is 20.9. The van der Waals surface area contributed by atoms with E-state index in [1.165, 1.54) is 5.39 Å². The number of fused-ring (bicyclic) bond motifs is 4. The van der Waals surface area contributed by atoms with Crippen LogP contribution in [0.15, 0.2) is 97.2 Å². The van der Waals surface area contributed by atoms with E-state index >= 15 is 0 Å². The zero-order valence-electron chi connectivity index (χ0n) is 16.6. The van der Waals surface area contributed by atoms with Crippen molar-refractivity contribution in [3.05, 3.63) is 115 Å². The first-order valence-corrected chi connectivity index (χ1v) is 9.79. The number of hydrogen-bond acceptors (Lipinski definition) is 3. The van der Waals surface area contributed by atoms with Crippen molar-refractivity contribution in [2.75, 3.05) is 0 Å². The summed E-state index contributed by atoms with van der Waals surface area (Å²) in [5.74, 6) is 0.849.